The van der Waals surface area contributed by atoms with Gasteiger partial charge < -0.3 is 46.7 Å². The Hall–Kier alpha value is -0.850. The lowest BCUT2D eigenvalue weighted by atomic mass is 9.83. The Morgan fingerprint density at radius 2 is 2.04 bits per heavy atom. The van der Waals surface area contributed by atoms with Crippen molar-refractivity contribution >= 4 is 5.91 Å². The zero-order chi connectivity index (χ0) is 20.1. The number of nitrogens with two attached hydrogens (primary N) is 3. The molecule has 2 rings (SSSR count). The summed E-state index contributed by atoms with van der Waals surface area (Å²) in [6.07, 6.45) is -0.883. The van der Waals surface area contributed by atoms with E-state index < -0.39 is 36.7 Å². The summed E-state index contributed by atoms with van der Waals surface area (Å²) in [5.41, 5.74) is 17.9. The lowest BCUT2D eigenvalue weighted by molar-refractivity contribution is -0.254. The van der Waals surface area contributed by atoms with E-state index in [4.69, 9.17) is 31.4 Å². The van der Waals surface area contributed by atoms with Crippen molar-refractivity contribution in [3.63, 3.8) is 0 Å². The standard InChI is InChI=1S/C17H35N5O5/c1-21-8-9-4-5-10(19)17(26-9)27-16-11(20)6-12(25-3)14(15(16)24)22(2)13(23)7-18/h9-12,14-17,21,24H,4-8,18-20H2,1-3H3/t9-,10-,11-,12-,14+,15+,16+,17+/m1/s1. The Bertz CT molecular complexity index is 485. The molecule has 0 aromatic rings. The summed E-state index contributed by atoms with van der Waals surface area (Å²) in [5, 5.41) is 14.1. The van der Waals surface area contributed by atoms with Crippen LogP contribution in [0.4, 0.5) is 0 Å². The third-order valence-corrected chi connectivity index (χ3v) is 5.53. The van der Waals surface area contributed by atoms with Crippen LogP contribution in [0.2, 0.25) is 0 Å². The van der Waals surface area contributed by atoms with Gasteiger partial charge in [-0.1, -0.05) is 0 Å². The highest BCUT2D eigenvalue weighted by atomic mass is 16.7. The average molecular weight is 389 g/mol. The summed E-state index contributed by atoms with van der Waals surface area (Å²) in [6, 6.07) is -1.41. The molecular weight excluding hydrogens is 354 g/mol. The summed E-state index contributed by atoms with van der Waals surface area (Å²) >= 11 is 0. The monoisotopic (exact) mass is 389 g/mol. The molecule has 1 saturated heterocycles. The molecule has 1 amide bonds. The van der Waals surface area contributed by atoms with Crippen molar-refractivity contribution in [3.8, 4) is 0 Å². The first-order valence-electron chi connectivity index (χ1n) is 9.47. The predicted octanol–water partition coefficient (Wildman–Crippen LogP) is -2.68. The Kier molecular flexibility index (Phi) is 8.38. The van der Waals surface area contributed by atoms with Crippen molar-refractivity contribution in [1.82, 2.24) is 10.2 Å². The lowest BCUT2D eigenvalue weighted by Gasteiger charge is -2.48. The third-order valence-electron chi connectivity index (χ3n) is 5.53. The van der Waals surface area contributed by atoms with Crippen LogP contribution in [-0.4, -0.2) is 99.0 Å². The van der Waals surface area contributed by atoms with Gasteiger partial charge in [0, 0.05) is 26.7 Å². The van der Waals surface area contributed by atoms with E-state index >= 15 is 0 Å². The molecule has 8 atom stereocenters. The molecule has 27 heavy (non-hydrogen) atoms. The van der Waals surface area contributed by atoms with E-state index in [-0.39, 0.29) is 24.6 Å². The van der Waals surface area contributed by atoms with Crippen LogP contribution in [-0.2, 0) is 19.0 Å². The Labute approximate surface area is 160 Å². The SMILES string of the molecule is CNC[C@H]1CC[C@@H](N)[C@H](O[C@@H]2[C@@H](O)[C@@H](N(C)C(=O)CN)[C@H](OC)C[C@H]2N)O1. The van der Waals surface area contributed by atoms with Crippen LogP contribution in [0, 0.1) is 0 Å². The number of aliphatic hydroxyl groups is 1. The smallest absolute Gasteiger partial charge is 0.236 e. The molecule has 0 radical (unpaired) electrons. The minimum atomic E-state index is -1.06. The van der Waals surface area contributed by atoms with E-state index in [0.717, 1.165) is 12.8 Å². The molecular formula is C17H35N5O5. The Morgan fingerprint density at radius 3 is 2.63 bits per heavy atom. The molecule has 0 aromatic heterocycles. The molecule has 0 aromatic carbocycles. The van der Waals surface area contributed by atoms with Crippen LogP contribution >= 0.6 is 0 Å². The number of hydrogen-bond acceptors (Lipinski definition) is 9. The number of aliphatic hydroxyl groups excluding tert-OH is 1. The number of methoxy groups -OCH3 is 1. The van der Waals surface area contributed by atoms with Gasteiger partial charge in [0.25, 0.3) is 0 Å². The van der Waals surface area contributed by atoms with Crippen LogP contribution < -0.4 is 22.5 Å². The summed E-state index contributed by atoms with van der Waals surface area (Å²) < 4.78 is 17.5. The first kappa shape index (κ1) is 22.4. The van der Waals surface area contributed by atoms with Gasteiger partial charge in [-0.25, -0.2) is 0 Å². The van der Waals surface area contributed by atoms with E-state index in [2.05, 4.69) is 5.32 Å². The lowest BCUT2D eigenvalue weighted by Crippen LogP contribution is -2.67. The van der Waals surface area contributed by atoms with Gasteiger partial charge >= 0.3 is 0 Å². The van der Waals surface area contributed by atoms with Crippen LogP contribution in [0.3, 0.4) is 0 Å². The van der Waals surface area contributed by atoms with Crippen LogP contribution in [0.5, 0.6) is 0 Å². The molecule has 158 valence electrons. The maximum Gasteiger partial charge on any atom is 0.236 e. The molecule has 0 spiro atoms. The summed E-state index contributed by atoms with van der Waals surface area (Å²) in [6.45, 7) is 0.532. The summed E-state index contributed by atoms with van der Waals surface area (Å²) in [7, 11) is 4.98. The van der Waals surface area contributed by atoms with E-state index in [0.29, 0.717) is 13.0 Å². The van der Waals surface area contributed by atoms with Gasteiger partial charge in [-0.05, 0) is 26.3 Å². The predicted molar refractivity (Wildman–Crippen MR) is 99.7 cm³/mol. The highest BCUT2D eigenvalue weighted by molar-refractivity contribution is 5.78. The summed E-state index contributed by atoms with van der Waals surface area (Å²) in [5.74, 6) is -0.296. The first-order chi connectivity index (χ1) is 12.8. The molecule has 1 aliphatic heterocycles. The quantitative estimate of drug-likeness (QED) is 0.313. The van der Waals surface area contributed by atoms with Crippen molar-refractivity contribution in [2.24, 2.45) is 17.2 Å². The van der Waals surface area contributed by atoms with Gasteiger partial charge in [-0.15, -0.1) is 0 Å². The van der Waals surface area contributed by atoms with Crippen LogP contribution in [0.25, 0.3) is 0 Å². The highest BCUT2D eigenvalue weighted by Crippen LogP contribution is 2.30. The van der Waals surface area contributed by atoms with Gasteiger partial charge in [0.1, 0.15) is 12.2 Å². The number of likely N-dealkylation sites (N-methyl/N-ethyl adjacent to an activating group) is 2. The van der Waals surface area contributed by atoms with Crippen molar-refractivity contribution in [2.75, 3.05) is 34.3 Å². The number of ether oxygens (including phenoxy) is 3. The molecule has 2 aliphatic rings. The number of nitrogens with zero attached hydrogens (tertiary/aromatic N) is 1. The highest BCUT2D eigenvalue weighted by Gasteiger charge is 2.48. The van der Waals surface area contributed by atoms with E-state index in [1.165, 1.54) is 12.0 Å². The zero-order valence-electron chi connectivity index (χ0n) is 16.4. The number of carbonyl (C=O) groups is 1. The van der Waals surface area contributed by atoms with Gasteiger partial charge in [0.15, 0.2) is 6.29 Å². The Balaban J connectivity index is 2.13. The van der Waals surface area contributed by atoms with E-state index in [1.807, 2.05) is 7.05 Å². The normalized spacial score (nSPS) is 40.0. The second-order valence-electron chi connectivity index (χ2n) is 7.39. The fourth-order valence-electron chi connectivity index (χ4n) is 3.95. The number of carbonyl (C=O) groups excluding carboxylic acids is 1. The summed E-state index contributed by atoms with van der Waals surface area (Å²) in [4.78, 5) is 13.5. The van der Waals surface area contributed by atoms with Crippen molar-refractivity contribution in [1.29, 1.82) is 0 Å². The number of nitrogens with one attached hydrogen (secondary N) is 1. The largest absolute Gasteiger partial charge is 0.388 e. The fraction of sp³-hybridized carbons (Fsp3) is 0.941. The van der Waals surface area contributed by atoms with Crippen LogP contribution in [0.15, 0.2) is 0 Å². The maximum absolute atomic E-state index is 12.1. The minimum absolute atomic E-state index is 0.0132. The molecule has 0 unspecified atom stereocenters. The molecule has 8 N–H and O–H groups in total. The first-order valence-corrected chi connectivity index (χ1v) is 9.47. The average Bonchev–Trinajstić information content (AvgIpc) is 2.65. The fourth-order valence-corrected chi connectivity index (χ4v) is 3.95. The maximum atomic E-state index is 12.1. The molecule has 1 saturated carbocycles. The van der Waals surface area contributed by atoms with Crippen molar-refractivity contribution < 1.29 is 24.1 Å². The molecule has 10 nitrogen and oxygen atoms in total. The van der Waals surface area contributed by atoms with Gasteiger partial charge in [0.05, 0.1) is 30.8 Å². The Morgan fingerprint density at radius 1 is 1.33 bits per heavy atom. The van der Waals surface area contributed by atoms with E-state index in [9.17, 15) is 9.90 Å². The van der Waals surface area contributed by atoms with E-state index in [1.54, 1.807) is 7.05 Å². The molecule has 2 fully saturated rings. The molecule has 1 aliphatic carbocycles. The zero-order valence-corrected chi connectivity index (χ0v) is 16.4. The molecule has 10 heteroatoms. The number of rotatable bonds is 7. The van der Waals surface area contributed by atoms with Gasteiger partial charge in [-0.3, -0.25) is 4.79 Å². The van der Waals surface area contributed by atoms with Crippen LogP contribution in [0.1, 0.15) is 19.3 Å². The topological polar surface area (TPSA) is 158 Å². The van der Waals surface area contributed by atoms with Crippen molar-refractivity contribution in [2.45, 2.75) is 68.1 Å². The third kappa shape index (κ3) is 5.15. The second-order valence-corrected chi connectivity index (χ2v) is 7.39. The minimum Gasteiger partial charge on any atom is -0.388 e. The molecule has 0 bridgehead atoms. The second kappa shape index (κ2) is 10.1. The van der Waals surface area contributed by atoms with Gasteiger partial charge in [0.2, 0.25) is 5.91 Å². The number of hydrogen-bond donors (Lipinski definition) is 5. The molecule has 1 heterocycles. The number of amides is 1. The van der Waals surface area contributed by atoms with Crippen molar-refractivity contribution in [3.05, 3.63) is 0 Å². The van der Waals surface area contributed by atoms with Gasteiger partial charge in [-0.2, -0.15) is 0 Å².